The molecule has 1 aliphatic heterocycles. The second kappa shape index (κ2) is 9.96. The van der Waals surface area contributed by atoms with Crippen molar-refractivity contribution >= 4 is 17.5 Å². The number of aromatic nitrogens is 3. The largest absolute Gasteiger partial charge is 0.294 e. The van der Waals surface area contributed by atoms with Crippen LogP contribution in [0.15, 0.2) is 47.6 Å². The van der Waals surface area contributed by atoms with E-state index in [1.54, 1.807) is 12.1 Å². The molecule has 1 unspecified atom stereocenters. The molecule has 0 spiro atoms. The maximum atomic E-state index is 13.6. The van der Waals surface area contributed by atoms with Gasteiger partial charge in [-0.05, 0) is 88.2 Å². The van der Waals surface area contributed by atoms with Crippen molar-refractivity contribution in [1.82, 2.24) is 19.7 Å². The molecule has 0 amide bonds. The fourth-order valence-corrected chi connectivity index (χ4v) is 4.93. The Kier molecular flexibility index (Phi) is 7.06. The number of halogens is 1. The Balaban J connectivity index is 1.61. The molecular weight excluding hydrogens is 423 g/mol. The fourth-order valence-electron chi connectivity index (χ4n) is 4.08. The van der Waals surface area contributed by atoms with Gasteiger partial charge >= 0.3 is 0 Å². The van der Waals surface area contributed by atoms with Crippen molar-refractivity contribution in [2.75, 3.05) is 18.8 Å². The molecule has 7 heteroatoms. The van der Waals surface area contributed by atoms with Gasteiger partial charge in [0.15, 0.2) is 16.8 Å². The summed E-state index contributed by atoms with van der Waals surface area (Å²) in [5.74, 6) is 0.850. The molecule has 1 aliphatic rings. The lowest BCUT2D eigenvalue weighted by molar-refractivity contribution is 0.102. The van der Waals surface area contributed by atoms with E-state index in [0.29, 0.717) is 10.7 Å². The summed E-state index contributed by atoms with van der Waals surface area (Å²) in [5.41, 5.74) is 3.78. The second-order valence-corrected chi connectivity index (χ2v) is 9.38. The maximum absolute atomic E-state index is 13.6. The molecule has 1 saturated heterocycles. The molecule has 4 rings (SSSR count). The number of ketones is 1. The zero-order chi connectivity index (χ0) is 22.7. The molecule has 1 aromatic heterocycles. The van der Waals surface area contributed by atoms with E-state index in [0.717, 1.165) is 30.2 Å². The molecule has 0 N–H and O–H groups in total. The predicted molar refractivity (Wildman–Crippen MR) is 126 cm³/mol. The lowest BCUT2D eigenvalue weighted by Gasteiger charge is -2.31. The summed E-state index contributed by atoms with van der Waals surface area (Å²) in [5, 5.41) is 9.59. The lowest BCUT2D eigenvalue weighted by atomic mass is 10.0. The molecule has 32 heavy (non-hydrogen) atoms. The third-order valence-corrected chi connectivity index (χ3v) is 7.15. The molecular formula is C25H29FN4OS. The first-order valence-corrected chi connectivity index (χ1v) is 12.1. The highest BCUT2D eigenvalue weighted by Gasteiger charge is 2.26. The fraction of sp³-hybridized carbons (Fsp3) is 0.400. The highest BCUT2D eigenvalue weighted by Crippen LogP contribution is 2.30. The average molecular weight is 453 g/mol. The summed E-state index contributed by atoms with van der Waals surface area (Å²) >= 11 is 1.37. The van der Waals surface area contributed by atoms with Gasteiger partial charge in [-0.15, -0.1) is 10.2 Å². The summed E-state index contributed by atoms with van der Waals surface area (Å²) in [6.45, 7) is 8.26. The van der Waals surface area contributed by atoms with Crippen molar-refractivity contribution in [1.29, 1.82) is 0 Å². The van der Waals surface area contributed by atoms with E-state index in [9.17, 15) is 9.18 Å². The number of thioether (sulfide) groups is 1. The predicted octanol–water partition coefficient (Wildman–Crippen LogP) is 5.55. The average Bonchev–Trinajstić information content (AvgIpc) is 3.23. The van der Waals surface area contributed by atoms with Crippen LogP contribution in [0.1, 0.15) is 59.5 Å². The highest BCUT2D eigenvalue weighted by molar-refractivity contribution is 7.99. The summed E-state index contributed by atoms with van der Waals surface area (Å²) in [6, 6.07) is 12.2. The number of likely N-dealkylation sites (tertiary alicyclic amines) is 1. The lowest BCUT2D eigenvalue weighted by Crippen LogP contribution is -2.33. The molecule has 0 radical (unpaired) electrons. The van der Waals surface area contributed by atoms with E-state index in [4.69, 9.17) is 0 Å². The number of hydrogen-bond acceptors (Lipinski definition) is 5. The zero-order valence-electron chi connectivity index (χ0n) is 18.8. The normalized spacial score (nSPS) is 15.6. The number of aryl methyl sites for hydroxylation is 2. The van der Waals surface area contributed by atoms with Crippen molar-refractivity contribution in [2.24, 2.45) is 0 Å². The molecule has 0 aliphatic carbocycles. The monoisotopic (exact) mass is 452 g/mol. The number of carbonyl (C=O) groups is 1. The van der Waals surface area contributed by atoms with Crippen LogP contribution in [0, 0.1) is 19.7 Å². The van der Waals surface area contributed by atoms with Gasteiger partial charge in [-0.1, -0.05) is 30.3 Å². The first-order valence-electron chi connectivity index (χ1n) is 11.1. The van der Waals surface area contributed by atoms with Gasteiger partial charge in [0, 0.05) is 11.3 Å². The van der Waals surface area contributed by atoms with Crippen molar-refractivity contribution in [3.05, 3.63) is 70.8 Å². The Labute approximate surface area is 193 Å². The van der Waals surface area contributed by atoms with Crippen LogP contribution in [0.25, 0.3) is 5.69 Å². The number of hydrogen-bond donors (Lipinski definition) is 0. The number of piperidine rings is 1. The van der Waals surface area contributed by atoms with Crippen LogP contribution in [0.4, 0.5) is 4.39 Å². The van der Waals surface area contributed by atoms with Crippen molar-refractivity contribution in [2.45, 2.75) is 51.2 Å². The van der Waals surface area contributed by atoms with Gasteiger partial charge < -0.3 is 0 Å². The summed E-state index contributed by atoms with van der Waals surface area (Å²) in [4.78, 5) is 15.2. The maximum Gasteiger partial charge on any atom is 0.196 e. The van der Waals surface area contributed by atoms with Crippen LogP contribution in [-0.4, -0.2) is 44.3 Å². The summed E-state index contributed by atoms with van der Waals surface area (Å²) in [6.07, 6.45) is 3.62. The first kappa shape index (κ1) is 22.7. The molecule has 1 fully saturated rings. The van der Waals surface area contributed by atoms with Crippen LogP contribution >= 0.6 is 11.8 Å². The minimum Gasteiger partial charge on any atom is -0.294 e. The van der Waals surface area contributed by atoms with Gasteiger partial charge in [-0.3, -0.25) is 14.3 Å². The molecule has 168 valence electrons. The minimum atomic E-state index is -0.286. The smallest absolute Gasteiger partial charge is 0.196 e. The van der Waals surface area contributed by atoms with Gasteiger partial charge in [0.05, 0.1) is 11.8 Å². The van der Waals surface area contributed by atoms with Gasteiger partial charge in [0.1, 0.15) is 5.82 Å². The Bertz CT molecular complexity index is 1090. The van der Waals surface area contributed by atoms with Gasteiger partial charge in [0.2, 0.25) is 0 Å². The molecule has 2 aromatic carbocycles. The minimum absolute atomic E-state index is 0.0531. The Morgan fingerprint density at radius 3 is 2.44 bits per heavy atom. The molecule has 0 bridgehead atoms. The number of nitrogens with zero attached hydrogens (tertiary/aromatic N) is 4. The highest BCUT2D eigenvalue weighted by atomic mass is 32.2. The van der Waals surface area contributed by atoms with E-state index in [-0.39, 0.29) is 23.4 Å². The van der Waals surface area contributed by atoms with E-state index in [1.165, 1.54) is 48.7 Å². The number of carbonyl (C=O) groups excluding carboxylic acids is 1. The van der Waals surface area contributed by atoms with E-state index >= 15 is 0 Å². The topological polar surface area (TPSA) is 51.0 Å². The molecule has 2 heterocycles. The number of Topliss-reactive ketones (excluding diaryl/α,β-unsaturated/α-hetero) is 1. The molecule has 1 atom stereocenters. The van der Waals surface area contributed by atoms with Crippen LogP contribution in [0.2, 0.25) is 0 Å². The van der Waals surface area contributed by atoms with E-state index < -0.39 is 0 Å². The Morgan fingerprint density at radius 2 is 1.75 bits per heavy atom. The zero-order valence-corrected chi connectivity index (χ0v) is 19.7. The van der Waals surface area contributed by atoms with Crippen molar-refractivity contribution < 1.29 is 9.18 Å². The van der Waals surface area contributed by atoms with Crippen molar-refractivity contribution in [3.63, 3.8) is 0 Å². The molecule has 0 saturated carbocycles. The second-order valence-electron chi connectivity index (χ2n) is 8.44. The summed E-state index contributed by atoms with van der Waals surface area (Å²) < 4.78 is 15.6. The van der Waals surface area contributed by atoms with Crippen molar-refractivity contribution in [3.8, 4) is 5.69 Å². The Hall–Kier alpha value is -2.51. The van der Waals surface area contributed by atoms with Crippen LogP contribution in [0.5, 0.6) is 0 Å². The van der Waals surface area contributed by atoms with Gasteiger partial charge in [-0.2, -0.15) is 0 Å². The molecule has 5 nitrogen and oxygen atoms in total. The standard InChI is InChI=1S/C25H29FN4OS/c1-17-7-8-20(15-18(17)2)23(31)16-32-25-28-27-24(19(3)29-13-5-4-6-14-29)30(25)22-11-9-21(26)10-12-22/h7-12,15,19H,4-6,13-14,16H2,1-3H3. The van der Waals surface area contributed by atoms with Crippen LogP contribution in [0.3, 0.4) is 0 Å². The quantitative estimate of drug-likeness (QED) is 0.348. The third kappa shape index (κ3) is 4.94. The van der Waals surface area contributed by atoms with Crippen LogP contribution in [-0.2, 0) is 0 Å². The molecule has 3 aromatic rings. The van der Waals surface area contributed by atoms with Gasteiger partial charge in [0.25, 0.3) is 0 Å². The third-order valence-electron chi connectivity index (χ3n) is 6.22. The first-order chi connectivity index (χ1) is 15.4. The summed E-state index contributed by atoms with van der Waals surface area (Å²) in [7, 11) is 0. The number of rotatable bonds is 7. The van der Waals surface area contributed by atoms with Gasteiger partial charge in [-0.25, -0.2) is 4.39 Å². The Morgan fingerprint density at radius 1 is 1.03 bits per heavy atom. The van der Waals surface area contributed by atoms with Crippen LogP contribution < -0.4 is 0 Å². The van der Waals surface area contributed by atoms with E-state index in [2.05, 4.69) is 22.0 Å². The SMILES string of the molecule is Cc1ccc(C(=O)CSc2nnc(C(C)N3CCCCC3)n2-c2ccc(F)cc2)cc1C. The number of benzene rings is 2. The van der Waals surface area contributed by atoms with E-state index in [1.807, 2.05) is 36.6 Å².